The molecule has 0 saturated carbocycles. The van der Waals surface area contributed by atoms with Gasteiger partial charge in [-0.25, -0.2) is 4.98 Å². The zero-order valence-electron chi connectivity index (χ0n) is 19.6. The minimum Gasteiger partial charge on any atom is -0.416 e. The maximum Gasteiger partial charge on any atom is 0.586 e. The number of ether oxygens (including phenoxy) is 2. The summed E-state index contributed by atoms with van der Waals surface area (Å²) in [6.07, 6.45) is -3.66. The van der Waals surface area contributed by atoms with Crippen molar-refractivity contribution in [3.8, 4) is 11.5 Å². The van der Waals surface area contributed by atoms with E-state index in [9.17, 15) is 8.78 Å². The number of halogens is 3. The largest absolute Gasteiger partial charge is 0.586 e. The zero-order valence-corrected chi connectivity index (χ0v) is 21.4. The highest BCUT2D eigenvalue weighted by Gasteiger charge is 2.45. The van der Waals surface area contributed by atoms with Crippen LogP contribution in [0.15, 0.2) is 12.1 Å². The molecule has 0 fully saturated rings. The van der Waals surface area contributed by atoms with Crippen molar-refractivity contribution in [2.75, 3.05) is 23.8 Å². The number of rotatable bonds is 5. The zero-order chi connectivity index (χ0) is 24.3. The predicted octanol–water partition coefficient (Wildman–Crippen LogP) is 5.47. The molecular formula is C22H29ClF2N4O3Si. The number of benzene rings is 1. The Morgan fingerprint density at radius 1 is 1.27 bits per heavy atom. The van der Waals surface area contributed by atoms with Crippen LogP contribution in [0.5, 0.6) is 11.5 Å². The normalized spacial score (nSPS) is 19.2. The summed E-state index contributed by atoms with van der Waals surface area (Å²) in [5.41, 5.74) is 8.08. The van der Waals surface area contributed by atoms with Gasteiger partial charge >= 0.3 is 6.29 Å². The lowest BCUT2D eigenvalue weighted by Crippen LogP contribution is -2.42. The topological polar surface area (TPSA) is 82.7 Å². The van der Waals surface area contributed by atoms with Crippen molar-refractivity contribution in [3.05, 3.63) is 34.0 Å². The fourth-order valence-corrected chi connectivity index (χ4v) is 5.22. The molecule has 1 aromatic carbocycles. The molecule has 3 heterocycles. The van der Waals surface area contributed by atoms with Crippen LogP contribution < -0.4 is 20.1 Å². The first-order valence-electron chi connectivity index (χ1n) is 10.8. The molecule has 11 heteroatoms. The molecule has 1 aromatic heterocycles. The van der Waals surface area contributed by atoms with Crippen molar-refractivity contribution >= 4 is 31.7 Å². The maximum atomic E-state index is 13.5. The molecule has 33 heavy (non-hydrogen) atoms. The highest BCUT2D eigenvalue weighted by atomic mass is 35.5. The van der Waals surface area contributed by atoms with Gasteiger partial charge in [0.1, 0.15) is 11.0 Å². The number of hydrogen-bond donors (Lipinski definition) is 1. The maximum absolute atomic E-state index is 13.5. The molecule has 0 aliphatic carbocycles. The second-order valence-electron chi connectivity index (χ2n) is 10.1. The van der Waals surface area contributed by atoms with Crippen molar-refractivity contribution in [2.45, 2.75) is 64.6 Å². The molecule has 2 aliphatic heterocycles. The Balaban J connectivity index is 1.61. The third-order valence-electron chi connectivity index (χ3n) is 6.79. The first kappa shape index (κ1) is 24.0. The summed E-state index contributed by atoms with van der Waals surface area (Å²) in [6, 6.07) is 3.25. The van der Waals surface area contributed by atoms with Gasteiger partial charge in [-0.3, -0.25) is 0 Å². The van der Waals surface area contributed by atoms with Gasteiger partial charge < -0.3 is 24.5 Å². The minimum atomic E-state index is -3.66. The van der Waals surface area contributed by atoms with E-state index in [1.54, 1.807) is 13.0 Å². The summed E-state index contributed by atoms with van der Waals surface area (Å²) >= 11 is 6.50. The molecule has 2 aromatic rings. The highest BCUT2D eigenvalue weighted by Crippen LogP contribution is 2.46. The van der Waals surface area contributed by atoms with E-state index < -0.39 is 14.6 Å². The summed E-state index contributed by atoms with van der Waals surface area (Å²) in [4.78, 5) is 10.6. The molecular weight excluding hydrogens is 470 g/mol. The van der Waals surface area contributed by atoms with Crippen LogP contribution in [0.1, 0.15) is 43.4 Å². The van der Waals surface area contributed by atoms with Crippen LogP contribution in [0.4, 0.5) is 20.5 Å². The van der Waals surface area contributed by atoms with E-state index in [-0.39, 0.29) is 28.4 Å². The summed E-state index contributed by atoms with van der Waals surface area (Å²) in [5.74, 6) is 0.754. The lowest BCUT2D eigenvalue weighted by Gasteiger charge is -2.37. The van der Waals surface area contributed by atoms with E-state index in [1.165, 1.54) is 6.07 Å². The standard InChI is InChI=1S/C22H29ClF2N4O3Si/c1-12-13(7-8-15-17(12)32-22(24,25)31-15)9-29-10-14(11-30-33(5,6)21(2,3)4)16-18(23)27-20(26)28-19(16)29/h7-8,14H,9-11H2,1-6H3,(H2,26,27,28). The van der Waals surface area contributed by atoms with E-state index >= 15 is 0 Å². The smallest absolute Gasteiger partial charge is 0.416 e. The van der Waals surface area contributed by atoms with Gasteiger partial charge in [-0.1, -0.05) is 38.4 Å². The summed E-state index contributed by atoms with van der Waals surface area (Å²) in [6.45, 7) is 14.2. The molecule has 180 valence electrons. The van der Waals surface area contributed by atoms with Crippen molar-refractivity contribution in [1.29, 1.82) is 0 Å². The second kappa shape index (κ2) is 7.95. The number of nitrogens with zero attached hydrogens (tertiary/aromatic N) is 3. The van der Waals surface area contributed by atoms with Crippen LogP contribution in [0.25, 0.3) is 0 Å². The fourth-order valence-electron chi connectivity index (χ4n) is 3.84. The van der Waals surface area contributed by atoms with E-state index in [2.05, 4.69) is 48.6 Å². The van der Waals surface area contributed by atoms with Crippen LogP contribution >= 0.6 is 11.6 Å². The van der Waals surface area contributed by atoms with Gasteiger partial charge in [-0.15, -0.1) is 8.78 Å². The number of nitrogen functional groups attached to an aromatic ring is 1. The highest BCUT2D eigenvalue weighted by molar-refractivity contribution is 6.74. The molecule has 2 N–H and O–H groups in total. The quantitative estimate of drug-likeness (QED) is 0.432. The third kappa shape index (κ3) is 4.48. The van der Waals surface area contributed by atoms with Crippen LogP contribution in [-0.2, 0) is 11.0 Å². The molecule has 0 radical (unpaired) electrons. The first-order chi connectivity index (χ1) is 15.2. The number of nitrogens with two attached hydrogens (primary N) is 1. The average Bonchev–Trinajstić information content (AvgIpc) is 3.18. The first-order valence-corrected chi connectivity index (χ1v) is 14.1. The lowest BCUT2D eigenvalue weighted by atomic mass is 10.1. The molecule has 0 saturated heterocycles. The van der Waals surface area contributed by atoms with Crippen molar-refractivity contribution in [2.24, 2.45) is 0 Å². The molecule has 1 unspecified atom stereocenters. The van der Waals surface area contributed by atoms with Gasteiger partial charge in [0.05, 0.1) is 0 Å². The van der Waals surface area contributed by atoms with Gasteiger partial charge in [0.2, 0.25) is 5.95 Å². The third-order valence-corrected chi connectivity index (χ3v) is 11.6. The summed E-state index contributed by atoms with van der Waals surface area (Å²) in [5, 5.41) is 0.382. The average molecular weight is 499 g/mol. The molecule has 7 nitrogen and oxygen atoms in total. The number of aromatic nitrogens is 2. The number of anilines is 2. The Labute approximate surface area is 198 Å². The van der Waals surface area contributed by atoms with Gasteiger partial charge in [0.15, 0.2) is 19.8 Å². The molecule has 0 amide bonds. The SMILES string of the molecule is Cc1c(CN2CC(CO[Si](C)(C)C(C)(C)C)c3c(Cl)nc(N)nc32)ccc2c1OC(F)(F)O2. The predicted molar refractivity (Wildman–Crippen MR) is 126 cm³/mol. The van der Waals surface area contributed by atoms with Gasteiger partial charge in [-0.05, 0) is 36.7 Å². The molecule has 2 aliphatic rings. The minimum absolute atomic E-state index is 0.0262. The van der Waals surface area contributed by atoms with Crippen molar-refractivity contribution < 1.29 is 22.7 Å². The molecule has 1 atom stereocenters. The fraction of sp³-hybridized carbons (Fsp3) is 0.545. The lowest BCUT2D eigenvalue weighted by molar-refractivity contribution is -0.286. The Morgan fingerprint density at radius 3 is 2.64 bits per heavy atom. The van der Waals surface area contributed by atoms with E-state index in [0.29, 0.717) is 36.2 Å². The Kier molecular flexibility index (Phi) is 5.78. The number of fused-ring (bicyclic) bond motifs is 2. The molecule has 0 bridgehead atoms. The van der Waals surface area contributed by atoms with E-state index in [4.69, 9.17) is 26.5 Å². The summed E-state index contributed by atoms with van der Waals surface area (Å²) < 4.78 is 42.8. The number of hydrogen-bond acceptors (Lipinski definition) is 7. The van der Waals surface area contributed by atoms with Gasteiger partial charge in [-0.2, -0.15) is 4.98 Å². The molecule has 4 rings (SSSR count). The Bertz CT molecular complexity index is 1090. The Hall–Kier alpha value is -2.17. The van der Waals surface area contributed by atoms with E-state index in [1.807, 2.05) is 4.90 Å². The van der Waals surface area contributed by atoms with Crippen LogP contribution in [-0.4, -0.2) is 37.7 Å². The molecule has 0 spiro atoms. The summed E-state index contributed by atoms with van der Waals surface area (Å²) in [7, 11) is -1.98. The van der Waals surface area contributed by atoms with Gasteiger partial charge in [0.25, 0.3) is 0 Å². The second-order valence-corrected chi connectivity index (χ2v) is 15.3. The van der Waals surface area contributed by atoms with Crippen LogP contribution in [0.2, 0.25) is 23.3 Å². The van der Waals surface area contributed by atoms with Crippen LogP contribution in [0, 0.1) is 6.92 Å². The van der Waals surface area contributed by atoms with Gasteiger partial charge in [0, 0.05) is 36.7 Å². The van der Waals surface area contributed by atoms with Crippen molar-refractivity contribution in [1.82, 2.24) is 9.97 Å². The number of alkyl halides is 2. The van der Waals surface area contributed by atoms with Crippen molar-refractivity contribution in [3.63, 3.8) is 0 Å². The Morgan fingerprint density at radius 2 is 1.97 bits per heavy atom. The van der Waals surface area contributed by atoms with E-state index in [0.717, 1.165) is 11.1 Å². The monoisotopic (exact) mass is 498 g/mol. The van der Waals surface area contributed by atoms with Crippen LogP contribution in [0.3, 0.4) is 0 Å².